The van der Waals surface area contributed by atoms with Gasteiger partial charge < -0.3 is 19.4 Å². The van der Waals surface area contributed by atoms with Crippen molar-refractivity contribution in [3.05, 3.63) is 45.7 Å². The Balaban J connectivity index is 4.14. The van der Waals surface area contributed by atoms with Crippen LogP contribution in [0, 0.1) is 26.3 Å². The maximum atomic E-state index is 6.99. The van der Waals surface area contributed by atoms with Gasteiger partial charge >= 0.3 is 6.04 Å². The van der Waals surface area contributed by atoms with Crippen LogP contribution >= 0.6 is 0 Å². The lowest BCUT2D eigenvalue weighted by atomic mass is 10.0. The third-order valence-electron chi connectivity index (χ3n) is 2.08. The highest BCUT2D eigenvalue weighted by Gasteiger charge is 2.32. The zero-order valence-electron chi connectivity index (χ0n) is 8.48. The molecule has 0 aromatic carbocycles. The number of hydrogen-bond donors (Lipinski definition) is 0. The molecule has 4 heteroatoms. The molecule has 2 unspecified atom stereocenters. The molecule has 0 saturated carbocycles. The first kappa shape index (κ1) is 13.0. The van der Waals surface area contributed by atoms with E-state index < -0.39 is 0 Å². The van der Waals surface area contributed by atoms with Gasteiger partial charge in [-0.15, -0.1) is 0 Å². The molecule has 0 rings (SSSR count). The minimum absolute atomic E-state index is 0.307. The molecule has 0 heterocycles. The molecule has 0 fully saturated rings. The molecule has 0 amide bonds. The third-order valence-corrected chi connectivity index (χ3v) is 2.08. The van der Waals surface area contributed by atoms with Crippen LogP contribution in [0.1, 0.15) is 19.3 Å². The van der Waals surface area contributed by atoms with E-state index in [2.05, 4.69) is 19.4 Å². The Morgan fingerprint density at radius 3 is 1.73 bits per heavy atom. The van der Waals surface area contributed by atoms with Crippen molar-refractivity contribution >= 4 is 0 Å². The zero-order chi connectivity index (χ0) is 11.5. The van der Waals surface area contributed by atoms with Crippen molar-refractivity contribution in [2.24, 2.45) is 0 Å². The summed E-state index contributed by atoms with van der Waals surface area (Å²) < 4.78 is 0. The van der Waals surface area contributed by atoms with E-state index in [9.17, 15) is 0 Å². The largest absolute Gasteiger partial charge is 0.317 e. The summed E-state index contributed by atoms with van der Waals surface area (Å²) >= 11 is 0. The molecule has 4 nitrogen and oxygen atoms in total. The van der Waals surface area contributed by atoms with E-state index in [1.807, 2.05) is 0 Å². The third kappa shape index (κ3) is 5.30. The number of hydrogen-bond acceptors (Lipinski definition) is 0. The van der Waals surface area contributed by atoms with Crippen LogP contribution in [-0.4, -0.2) is 25.2 Å². The summed E-state index contributed by atoms with van der Waals surface area (Å²) in [5.74, 6) is 0. The summed E-state index contributed by atoms with van der Waals surface area (Å²) in [6.07, 6.45) is 1.73. The Bertz CT molecular complexity index is 334. The van der Waals surface area contributed by atoms with Crippen molar-refractivity contribution in [2.45, 2.75) is 31.3 Å². The van der Waals surface area contributed by atoms with Crippen LogP contribution in [0.15, 0.2) is 0 Å². The van der Waals surface area contributed by atoms with Gasteiger partial charge in [0.15, 0.2) is 0 Å². The van der Waals surface area contributed by atoms with Gasteiger partial charge in [0.2, 0.25) is 13.1 Å². The minimum atomic E-state index is -0.373. The van der Waals surface area contributed by atoms with Gasteiger partial charge in [-0.1, -0.05) is 0 Å². The highest BCUT2D eigenvalue weighted by atomic mass is 14.9. The van der Waals surface area contributed by atoms with Crippen LogP contribution in [0.4, 0.5) is 0 Å². The topological polar surface area (TPSA) is 17.4 Å². The predicted molar refractivity (Wildman–Crippen MR) is 57.6 cm³/mol. The molecule has 15 heavy (non-hydrogen) atoms. The first-order chi connectivity index (χ1) is 7.29. The monoisotopic (exact) mass is 200 g/mol. The van der Waals surface area contributed by atoms with E-state index in [1.165, 1.54) is 0 Å². The summed E-state index contributed by atoms with van der Waals surface area (Å²) in [5, 5.41) is 0. The molecule has 0 spiro atoms. The Labute approximate surface area is 90.8 Å². The predicted octanol–water partition coefficient (Wildman–Crippen LogP) is 2.57. The normalized spacial score (nSPS) is 12.5. The van der Waals surface area contributed by atoms with Crippen LogP contribution in [0.3, 0.4) is 0 Å². The highest BCUT2D eigenvalue weighted by molar-refractivity contribution is 4.98. The molecule has 0 aliphatic rings. The van der Waals surface area contributed by atoms with E-state index in [0.29, 0.717) is 32.4 Å². The number of nitrogens with zero attached hydrogens (tertiary/aromatic N) is 4. The zero-order valence-corrected chi connectivity index (χ0v) is 8.48. The summed E-state index contributed by atoms with van der Waals surface area (Å²) in [5.41, 5.74) is 0. The quantitative estimate of drug-likeness (QED) is 0.463. The van der Waals surface area contributed by atoms with Crippen molar-refractivity contribution in [3.63, 3.8) is 0 Å². The number of rotatable bonds is 6. The average Bonchev–Trinajstić information content (AvgIpc) is 2.27. The van der Waals surface area contributed by atoms with Gasteiger partial charge in [-0.2, -0.15) is 0 Å². The van der Waals surface area contributed by atoms with E-state index >= 15 is 0 Å². The molecule has 0 aliphatic heterocycles. The fraction of sp³-hybridized carbons (Fsp3) is 0.636. The van der Waals surface area contributed by atoms with Gasteiger partial charge in [0.05, 0.1) is 0 Å². The van der Waals surface area contributed by atoms with Gasteiger partial charge in [0.1, 0.15) is 6.42 Å². The fourth-order valence-electron chi connectivity index (χ4n) is 1.26. The summed E-state index contributed by atoms with van der Waals surface area (Å²) in [7, 11) is 0. The smallest absolute Gasteiger partial charge is 0.303 e. The summed E-state index contributed by atoms with van der Waals surface area (Å²) in [6.45, 7) is 27.9. The van der Waals surface area contributed by atoms with Gasteiger partial charge in [-0.05, 0) is 0 Å². The van der Waals surface area contributed by atoms with E-state index in [4.69, 9.17) is 26.3 Å². The molecule has 0 aliphatic carbocycles. The maximum absolute atomic E-state index is 6.99. The molecule has 0 aromatic heterocycles. The summed E-state index contributed by atoms with van der Waals surface area (Å²) in [6, 6.07) is -0.715. The first-order valence-corrected chi connectivity index (χ1v) is 4.69. The molecule has 76 valence electrons. The van der Waals surface area contributed by atoms with Gasteiger partial charge in [0, 0.05) is 12.8 Å². The van der Waals surface area contributed by atoms with E-state index in [0.717, 1.165) is 0 Å². The molecule has 0 radical (unpaired) electrons. The Hall–Kier alpha value is -2.04. The minimum Gasteiger partial charge on any atom is -0.317 e. The van der Waals surface area contributed by atoms with Crippen LogP contribution < -0.4 is 0 Å². The molecular formula is C11H12N4. The molecule has 0 saturated heterocycles. The standard InChI is InChI=1S/C11H12N4/c1-12-8-5-6-10(14-3)11(15-4)7-9-13-2/h10-11H,5-9H2. The van der Waals surface area contributed by atoms with E-state index in [1.54, 1.807) is 0 Å². The van der Waals surface area contributed by atoms with Crippen molar-refractivity contribution < 1.29 is 0 Å². The van der Waals surface area contributed by atoms with Crippen LogP contribution in [0.2, 0.25) is 0 Å². The lowest BCUT2D eigenvalue weighted by molar-refractivity contribution is 0.575. The molecule has 0 bridgehead atoms. The lowest BCUT2D eigenvalue weighted by Crippen LogP contribution is -2.20. The molecule has 0 aromatic rings. The van der Waals surface area contributed by atoms with Crippen molar-refractivity contribution in [3.8, 4) is 0 Å². The second-order valence-corrected chi connectivity index (χ2v) is 3.09. The SMILES string of the molecule is [C-]#[N+]CCCC([N+]#[C-])C(CC[N+]#[C-])[N+]#[C-]. The van der Waals surface area contributed by atoms with E-state index in [-0.39, 0.29) is 12.1 Å². The van der Waals surface area contributed by atoms with Crippen molar-refractivity contribution in [2.75, 3.05) is 13.1 Å². The highest BCUT2D eigenvalue weighted by Crippen LogP contribution is 2.14. The molecule has 2 atom stereocenters. The van der Waals surface area contributed by atoms with Crippen LogP contribution in [0.25, 0.3) is 19.4 Å². The van der Waals surface area contributed by atoms with Gasteiger partial charge in [-0.3, -0.25) is 0 Å². The first-order valence-electron chi connectivity index (χ1n) is 4.69. The second-order valence-electron chi connectivity index (χ2n) is 3.09. The van der Waals surface area contributed by atoms with Crippen LogP contribution in [0.5, 0.6) is 0 Å². The fourth-order valence-corrected chi connectivity index (χ4v) is 1.26. The summed E-state index contributed by atoms with van der Waals surface area (Å²) in [4.78, 5) is 13.2. The van der Waals surface area contributed by atoms with Gasteiger partial charge in [0.25, 0.3) is 6.04 Å². The second kappa shape index (κ2) is 8.55. The van der Waals surface area contributed by atoms with Crippen molar-refractivity contribution in [1.82, 2.24) is 0 Å². The van der Waals surface area contributed by atoms with Gasteiger partial charge in [-0.25, -0.2) is 26.3 Å². The molecular weight excluding hydrogens is 188 g/mol. The maximum Gasteiger partial charge on any atom is 0.303 e. The Kier molecular flexibility index (Phi) is 7.39. The van der Waals surface area contributed by atoms with Crippen molar-refractivity contribution in [1.29, 1.82) is 0 Å². The molecule has 0 N–H and O–H groups in total. The Morgan fingerprint density at radius 2 is 1.27 bits per heavy atom. The van der Waals surface area contributed by atoms with Crippen LogP contribution in [-0.2, 0) is 0 Å². The Morgan fingerprint density at radius 1 is 0.733 bits per heavy atom. The lowest BCUT2D eigenvalue weighted by Gasteiger charge is -2.04. The average molecular weight is 200 g/mol.